The average Bonchev–Trinajstić information content (AvgIpc) is 2.41. The first-order valence-corrected chi connectivity index (χ1v) is 7.77. The summed E-state index contributed by atoms with van der Waals surface area (Å²) in [5.41, 5.74) is 5.73. The standard InChI is InChI=1S/C20H29N/c1-16(8-6-9-17(2)13-15-21)11-12-19-10-7-14-20(4,5)18(19)3/h6,8-9,11-13,15,21H,7,10,14H2,1-5H3/b9-6+,12-11+,16-8+,17-13+,21-15?. The molecule has 0 unspecified atom stereocenters. The smallest absolute Gasteiger partial charge is 0.0180 e. The lowest BCUT2D eigenvalue weighted by Gasteiger charge is -2.32. The van der Waals surface area contributed by atoms with Gasteiger partial charge in [0.05, 0.1) is 0 Å². The molecule has 1 nitrogen and oxygen atoms in total. The van der Waals surface area contributed by atoms with Crippen molar-refractivity contribution < 1.29 is 0 Å². The van der Waals surface area contributed by atoms with Crippen LogP contribution in [0.2, 0.25) is 0 Å². The summed E-state index contributed by atoms with van der Waals surface area (Å²) in [6.07, 6.45) is 17.6. The van der Waals surface area contributed by atoms with Crippen molar-refractivity contribution in [1.29, 1.82) is 5.41 Å². The van der Waals surface area contributed by atoms with Crippen molar-refractivity contribution in [3.05, 3.63) is 58.7 Å². The van der Waals surface area contributed by atoms with Gasteiger partial charge in [0.2, 0.25) is 0 Å². The zero-order chi connectivity index (χ0) is 15.9. The minimum atomic E-state index is 0.351. The number of hydrogen-bond acceptors (Lipinski definition) is 1. The molecule has 114 valence electrons. The van der Waals surface area contributed by atoms with Crippen LogP contribution in [0.25, 0.3) is 0 Å². The maximum Gasteiger partial charge on any atom is 0.0180 e. The van der Waals surface area contributed by atoms with E-state index < -0.39 is 0 Å². The number of nitrogens with one attached hydrogen (secondary N) is 1. The van der Waals surface area contributed by atoms with Gasteiger partial charge in [0.1, 0.15) is 0 Å². The second kappa shape index (κ2) is 7.97. The molecule has 1 N–H and O–H groups in total. The van der Waals surface area contributed by atoms with Crippen molar-refractivity contribution >= 4 is 6.21 Å². The molecule has 1 heteroatoms. The van der Waals surface area contributed by atoms with E-state index in [2.05, 4.69) is 45.9 Å². The molecule has 0 atom stereocenters. The first-order chi connectivity index (χ1) is 9.86. The van der Waals surface area contributed by atoms with E-state index in [9.17, 15) is 0 Å². The van der Waals surface area contributed by atoms with Crippen molar-refractivity contribution in [2.75, 3.05) is 0 Å². The third-order valence-electron chi connectivity index (χ3n) is 4.36. The fourth-order valence-corrected chi connectivity index (χ4v) is 2.57. The Kier molecular flexibility index (Phi) is 6.61. The molecule has 0 spiro atoms. The molecule has 1 aliphatic rings. The van der Waals surface area contributed by atoms with Gasteiger partial charge in [-0.25, -0.2) is 0 Å². The van der Waals surface area contributed by atoms with Gasteiger partial charge in [0, 0.05) is 6.21 Å². The van der Waals surface area contributed by atoms with Crippen LogP contribution in [0.1, 0.15) is 53.9 Å². The van der Waals surface area contributed by atoms with E-state index in [4.69, 9.17) is 5.41 Å². The molecule has 1 rings (SSSR count). The van der Waals surface area contributed by atoms with Gasteiger partial charge in [-0.1, -0.05) is 55.4 Å². The number of allylic oxidation sites excluding steroid dienone is 10. The van der Waals surface area contributed by atoms with Crippen LogP contribution in [0, 0.1) is 10.8 Å². The molecular formula is C20H29N. The molecule has 0 aromatic heterocycles. The summed E-state index contributed by atoms with van der Waals surface area (Å²) in [5, 5.41) is 7.02. The van der Waals surface area contributed by atoms with E-state index in [0.29, 0.717) is 5.41 Å². The molecule has 21 heavy (non-hydrogen) atoms. The summed E-state index contributed by atoms with van der Waals surface area (Å²) in [6, 6.07) is 0. The maximum absolute atomic E-state index is 7.02. The minimum Gasteiger partial charge on any atom is -0.309 e. The first-order valence-electron chi connectivity index (χ1n) is 7.77. The zero-order valence-corrected chi connectivity index (χ0v) is 14.2. The summed E-state index contributed by atoms with van der Waals surface area (Å²) in [7, 11) is 0. The minimum absolute atomic E-state index is 0.351. The fourth-order valence-electron chi connectivity index (χ4n) is 2.57. The highest BCUT2D eigenvalue weighted by Crippen LogP contribution is 2.40. The molecule has 1 aliphatic carbocycles. The largest absolute Gasteiger partial charge is 0.309 e. The predicted octanol–water partition coefficient (Wildman–Crippen LogP) is 6.17. The Morgan fingerprint density at radius 1 is 1.10 bits per heavy atom. The number of rotatable bonds is 5. The lowest BCUT2D eigenvalue weighted by Crippen LogP contribution is -2.18. The molecule has 0 saturated carbocycles. The second-order valence-corrected chi connectivity index (χ2v) is 6.57. The van der Waals surface area contributed by atoms with Crippen LogP contribution in [-0.2, 0) is 0 Å². The molecule has 0 radical (unpaired) electrons. The van der Waals surface area contributed by atoms with Gasteiger partial charge in [0.25, 0.3) is 0 Å². The molecule has 0 heterocycles. The first kappa shape index (κ1) is 17.4. The van der Waals surface area contributed by atoms with Crippen LogP contribution >= 0.6 is 0 Å². The SMILES string of the molecule is CC1=C(/C=C/C(C)=C/C=C/C(C)=C/C=N)CCCC1(C)C. The molecule has 0 bridgehead atoms. The van der Waals surface area contributed by atoms with E-state index in [0.717, 1.165) is 5.57 Å². The Morgan fingerprint density at radius 3 is 2.43 bits per heavy atom. The normalized spacial score (nSPS) is 20.6. The lowest BCUT2D eigenvalue weighted by molar-refractivity contribution is 0.370. The summed E-state index contributed by atoms with van der Waals surface area (Å²) >= 11 is 0. The summed E-state index contributed by atoms with van der Waals surface area (Å²) in [4.78, 5) is 0. The van der Waals surface area contributed by atoms with Crippen LogP contribution in [0.15, 0.2) is 58.7 Å². The van der Waals surface area contributed by atoms with E-state index in [1.165, 1.54) is 42.2 Å². The Morgan fingerprint density at radius 2 is 1.76 bits per heavy atom. The third kappa shape index (κ3) is 5.71. The molecule has 0 saturated heterocycles. The average molecular weight is 283 g/mol. The highest BCUT2D eigenvalue weighted by molar-refractivity contribution is 5.69. The van der Waals surface area contributed by atoms with Crippen LogP contribution in [-0.4, -0.2) is 6.21 Å². The summed E-state index contributed by atoms with van der Waals surface area (Å²) in [6.45, 7) is 11.1. The molecule has 0 aromatic rings. The van der Waals surface area contributed by atoms with Crippen molar-refractivity contribution in [1.82, 2.24) is 0 Å². The molecule has 0 fully saturated rings. The molecule has 0 amide bonds. The Balaban J connectivity index is 2.76. The third-order valence-corrected chi connectivity index (χ3v) is 4.36. The monoisotopic (exact) mass is 283 g/mol. The van der Waals surface area contributed by atoms with Gasteiger partial charge < -0.3 is 5.41 Å². The highest BCUT2D eigenvalue weighted by Gasteiger charge is 2.25. The van der Waals surface area contributed by atoms with Gasteiger partial charge >= 0.3 is 0 Å². The van der Waals surface area contributed by atoms with E-state index in [-0.39, 0.29) is 0 Å². The highest BCUT2D eigenvalue weighted by atomic mass is 14.3. The lowest BCUT2D eigenvalue weighted by atomic mass is 9.73. The van der Waals surface area contributed by atoms with E-state index in [1.807, 2.05) is 19.1 Å². The van der Waals surface area contributed by atoms with Gasteiger partial charge in [-0.2, -0.15) is 0 Å². The van der Waals surface area contributed by atoms with E-state index in [1.54, 1.807) is 6.08 Å². The molecular weight excluding hydrogens is 254 g/mol. The van der Waals surface area contributed by atoms with Crippen molar-refractivity contribution in [2.45, 2.75) is 53.9 Å². The van der Waals surface area contributed by atoms with Crippen molar-refractivity contribution in [3.63, 3.8) is 0 Å². The molecule has 0 aliphatic heterocycles. The maximum atomic E-state index is 7.02. The molecule has 0 aromatic carbocycles. The van der Waals surface area contributed by atoms with Crippen LogP contribution in [0.3, 0.4) is 0 Å². The van der Waals surface area contributed by atoms with Crippen LogP contribution < -0.4 is 0 Å². The second-order valence-electron chi connectivity index (χ2n) is 6.57. The summed E-state index contributed by atoms with van der Waals surface area (Å²) < 4.78 is 0. The Labute approximate surface area is 130 Å². The van der Waals surface area contributed by atoms with Gasteiger partial charge in [0.15, 0.2) is 0 Å². The van der Waals surface area contributed by atoms with Crippen LogP contribution in [0.5, 0.6) is 0 Å². The fraction of sp³-hybridized carbons (Fsp3) is 0.450. The van der Waals surface area contributed by atoms with Gasteiger partial charge in [-0.3, -0.25) is 0 Å². The van der Waals surface area contributed by atoms with Gasteiger partial charge in [-0.05, 0) is 62.7 Å². The Bertz CT molecular complexity index is 522. The van der Waals surface area contributed by atoms with Crippen molar-refractivity contribution in [2.24, 2.45) is 5.41 Å². The predicted molar refractivity (Wildman–Crippen MR) is 94.9 cm³/mol. The number of hydrogen-bond donors (Lipinski definition) is 1. The van der Waals surface area contributed by atoms with E-state index >= 15 is 0 Å². The summed E-state index contributed by atoms with van der Waals surface area (Å²) in [5.74, 6) is 0. The topological polar surface area (TPSA) is 23.9 Å². The Hall–Kier alpha value is -1.63. The van der Waals surface area contributed by atoms with Crippen molar-refractivity contribution in [3.8, 4) is 0 Å². The quantitative estimate of drug-likeness (QED) is 0.461. The van der Waals surface area contributed by atoms with Crippen LogP contribution in [0.4, 0.5) is 0 Å². The van der Waals surface area contributed by atoms with Gasteiger partial charge in [-0.15, -0.1) is 0 Å². The zero-order valence-electron chi connectivity index (χ0n) is 14.2.